The van der Waals surface area contributed by atoms with E-state index in [-0.39, 0.29) is 11.9 Å². The minimum atomic E-state index is -0.154. The molecule has 1 amide bonds. The minimum Gasteiger partial charge on any atom is -0.353 e. The highest BCUT2D eigenvalue weighted by atomic mass is 35.5. The second-order valence-electron chi connectivity index (χ2n) is 7.09. The lowest BCUT2D eigenvalue weighted by Gasteiger charge is -2.33. The van der Waals surface area contributed by atoms with E-state index in [2.05, 4.69) is 41.4 Å². The Hall–Kier alpha value is -2.43. The molecule has 1 atom stereocenters. The second kappa shape index (κ2) is 7.29. The molecule has 0 aliphatic carbocycles. The van der Waals surface area contributed by atoms with Gasteiger partial charge in [0.2, 0.25) is 5.91 Å². The van der Waals surface area contributed by atoms with E-state index in [1.54, 1.807) is 0 Å². The first-order valence-corrected chi connectivity index (χ1v) is 9.57. The molecule has 0 radical (unpaired) electrons. The molecule has 1 fully saturated rings. The first-order valence-electron chi connectivity index (χ1n) is 9.20. The van der Waals surface area contributed by atoms with Crippen LogP contribution in [0, 0.1) is 6.92 Å². The standard InChI is InChI=1S/C22H22ClN3O/c1-14-5-3-6-16-11-18(13-26-10-9-24-22(27)15(26)2)21(25-20(14)16)17-7-4-8-19(23)12-17/h3-8,11-12,15H,9-10,13H2,1-2H3,(H,24,27)/t15-/m0/s1. The van der Waals surface area contributed by atoms with Gasteiger partial charge in [-0.2, -0.15) is 0 Å². The Kier molecular flexibility index (Phi) is 4.85. The number of para-hydroxylation sites is 1. The largest absolute Gasteiger partial charge is 0.353 e. The van der Waals surface area contributed by atoms with Crippen LogP contribution in [0.3, 0.4) is 0 Å². The predicted octanol–water partition coefficient (Wildman–Crippen LogP) is 4.18. The van der Waals surface area contributed by atoms with Crippen molar-refractivity contribution in [2.45, 2.75) is 26.4 Å². The van der Waals surface area contributed by atoms with Crippen molar-refractivity contribution in [3.05, 3.63) is 64.7 Å². The van der Waals surface area contributed by atoms with E-state index in [1.165, 1.54) is 0 Å². The van der Waals surface area contributed by atoms with Gasteiger partial charge in [-0.3, -0.25) is 9.69 Å². The van der Waals surface area contributed by atoms with Crippen molar-refractivity contribution in [3.8, 4) is 11.3 Å². The van der Waals surface area contributed by atoms with Crippen LogP contribution in [-0.4, -0.2) is 34.9 Å². The molecule has 3 aromatic rings. The number of aryl methyl sites for hydroxylation is 1. The molecule has 0 spiro atoms. The molecule has 1 aromatic heterocycles. The van der Waals surface area contributed by atoms with Crippen LogP contribution >= 0.6 is 11.6 Å². The summed E-state index contributed by atoms with van der Waals surface area (Å²) in [6.07, 6.45) is 0. The zero-order valence-electron chi connectivity index (χ0n) is 15.5. The van der Waals surface area contributed by atoms with Gasteiger partial charge in [-0.05, 0) is 43.2 Å². The number of rotatable bonds is 3. The van der Waals surface area contributed by atoms with Crippen LogP contribution in [0.1, 0.15) is 18.1 Å². The first-order chi connectivity index (χ1) is 13.0. The maximum absolute atomic E-state index is 12.1. The van der Waals surface area contributed by atoms with Crippen molar-refractivity contribution in [3.63, 3.8) is 0 Å². The summed E-state index contributed by atoms with van der Waals surface area (Å²) in [6, 6.07) is 16.1. The summed E-state index contributed by atoms with van der Waals surface area (Å²) in [5.74, 6) is 0.0788. The van der Waals surface area contributed by atoms with E-state index in [9.17, 15) is 4.79 Å². The molecule has 1 saturated heterocycles. The predicted molar refractivity (Wildman–Crippen MR) is 110 cm³/mol. The first kappa shape index (κ1) is 18.0. The summed E-state index contributed by atoms with van der Waals surface area (Å²) in [6.45, 7) is 6.21. The number of carbonyl (C=O) groups is 1. The molecule has 1 aliphatic rings. The van der Waals surface area contributed by atoms with Crippen LogP contribution in [-0.2, 0) is 11.3 Å². The van der Waals surface area contributed by atoms with Gasteiger partial charge in [-0.25, -0.2) is 4.98 Å². The Morgan fingerprint density at radius 3 is 2.85 bits per heavy atom. The quantitative estimate of drug-likeness (QED) is 0.742. The van der Waals surface area contributed by atoms with Gasteiger partial charge in [-0.15, -0.1) is 0 Å². The smallest absolute Gasteiger partial charge is 0.237 e. The average Bonchev–Trinajstić information content (AvgIpc) is 2.65. The zero-order valence-corrected chi connectivity index (χ0v) is 16.3. The van der Waals surface area contributed by atoms with Crippen molar-refractivity contribution in [1.29, 1.82) is 0 Å². The monoisotopic (exact) mass is 379 g/mol. The highest BCUT2D eigenvalue weighted by Crippen LogP contribution is 2.30. The van der Waals surface area contributed by atoms with Gasteiger partial charge in [0.25, 0.3) is 0 Å². The third kappa shape index (κ3) is 3.55. The molecule has 0 unspecified atom stereocenters. The maximum atomic E-state index is 12.1. The van der Waals surface area contributed by atoms with Gasteiger partial charge in [0.05, 0.1) is 17.3 Å². The molecule has 2 aromatic carbocycles. The number of benzene rings is 2. The fourth-order valence-corrected chi connectivity index (χ4v) is 3.85. The molecule has 27 heavy (non-hydrogen) atoms. The van der Waals surface area contributed by atoms with Gasteiger partial charge >= 0.3 is 0 Å². The van der Waals surface area contributed by atoms with Crippen molar-refractivity contribution in [2.24, 2.45) is 0 Å². The summed E-state index contributed by atoms with van der Waals surface area (Å²) >= 11 is 6.24. The van der Waals surface area contributed by atoms with Crippen molar-refractivity contribution < 1.29 is 4.79 Å². The van der Waals surface area contributed by atoms with Crippen LogP contribution in [0.2, 0.25) is 5.02 Å². The third-order valence-corrected chi connectivity index (χ3v) is 5.46. The van der Waals surface area contributed by atoms with Crippen LogP contribution in [0.5, 0.6) is 0 Å². The minimum absolute atomic E-state index is 0.0788. The number of pyridine rings is 1. The third-order valence-electron chi connectivity index (χ3n) is 5.22. The highest BCUT2D eigenvalue weighted by molar-refractivity contribution is 6.30. The van der Waals surface area contributed by atoms with Gasteiger partial charge in [0.1, 0.15) is 0 Å². The number of fused-ring (bicyclic) bond motifs is 1. The molecule has 138 valence electrons. The SMILES string of the molecule is Cc1cccc2cc(CN3CCNC(=O)[C@@H]3C)c(-c3cccc(Cl)c3)nc12. The summed E-state index contributed by atoms with van der Waals surface area (Å²) in [5.41, 5.74) is 5.18. The molecule has 4 rings (SSSR count). The molecule has 4 nitrogen and oxygen atoms in total. The molecule has 5 heteroatoms. The number of nitrogens with zero attached hydrogens (tertiary/aromatic N) is 2. The van der Waals surface area contributed by atoms with Crippen molar-refractivity contribution >= 4 is 28.4 Å². The number of hydrogen-bond acceptors (Lipinski definition) is 3. The summed E-state index contributed by atoms with van der Waals surface area (Å²) in [7, 11) is 0. The Morgan fingerprint density at radius 2 is 2.04 bits per heavy atom. The van der Waals surface area contributed by atoms with E-state index in [1.807, 2.05) is 31.2 Å². The number of aromatic nitrogens is 1. The normalized spacial score (nSPS) is 17.9. The molecule has 0 saturated carbocycles. The Labute approximate surface area is 164 Å². The van der Waals surface area contributed by atoms with Crippen LogP contribution in [0.15, 0.2) is 48.5 Å². The van der Waals surface area contributed by atoms with E-state index in [4.69, 9.17) is 16.6 Å². The number of nitrogens with one attached hydrogen (secondary N) is 1. The summed E-state index contributed by atoms with van der Waals surface area (Å²) in [4.78, 5) is 19.3. The molecule has 0 bridgehead atoms. The van der Waals surface area contributed by atoms with E-state index in [0.717, 1.165) is 39.8 Å². The van der Waals surface area contributed by atoms with Crippen LogP contribution in [0.4, 0.5) is 0 Å². The lowest BCUT2D eigenvalue weighted by atomic mass is 10.0. The summed E-state index contributed by atoms with van der Waals surface area (Å²) in [5, 5.41) is 4.73. The molecular weight excluding hydrogens is 358 g/mol. The number of carbonyl (C=O) groups excluding carboxylic acids is 1. The van der Waals surface area contributed by atoms with Crippen molar-refractivity contribution in [1.82, 2.24) is 15.2 Å². The number of halogens is 1. The van der Waals surface area contributed by atoms with Crippen molar-refractivity contribution in [2.75, 3.05) is 13.1 Å². The molecular formula is C22H22ClN3O. The topological polar surface area (TPSA) is 45.2 Å². The van der Waals surface area contributed by atoms with Gasteiger partial charge in [0, 0.05) is 35.6 Å². The molecule has 1 N–H and O–H groups in total. The Balaban J connectivity index is 1.84. The lowest BCUT2D eigenvalue weighted by molar-refractivity contribution is -0.128. The van der Waals surface area contributed by atoms with Gasteiger partial charge < -0.3 is 5.32 Å². The number of hydrogen-bond donors (Lipinski definition) is 1. The van der Waals surface area contributed by atoms with Crippen LogP contribution < -0.4 is 5.32 Å². The number of amides is 1. The van der Waals surface area contributed by atoms with Gasteiger partial charge in [0.15, 0.2) is 0 Å². The van der Waals surface area contributed by atoms with E-state index >= 15 is 0 Å². The molecule has 1 aliphatic heterocycles. The van der Waals surface area contributed by atoms with Gasteiger partial charge in [-0.1, -0.05) is 41.9 Å². The Bertz CT molecular complexity index is 1020. The van der Waals surface area contributed by atoms with E-state index in [0.29, 0.717) is 18.1 Å². The fraction of sp³-hybridized carbons (Fsp3) is 0.273. The second-order valence-corrected chi connectivity index (χ2v) is 7.53. The molecule has 2 heterocycles. The zero-order chi connectivity index (χ0) is 19.0. The number of piperazine rings is 1. The fourth-order valence-electron chi connectivity index (χ4n) is 3.66. The maximum Gasteiger partial charge on any atom is 0.237 e. The average molecular weight is 380 g/mol. The van der Waals surface area contributed by atoms with Crippen LogP contribution in [0.25, 0.3) is 22.2 Å². The lowest BCUT2D eigenvalue weighted by Crippen LogP contribution is -2.53. The Morgan fingerprint density at radius 1 is 1.22 bits per heavy atom. The summed E-state index contributed by atoms with van der Waals surface area (Å²) < 4.78 is 0. The highest BCUT2D eigenvalue weighted by Gasteiger charge is 2.26. The van der Waals surface area contributed by atoms with E-state index < -0.39 is 0 Å².